The molecule has 0 fully saturated rings. The number of unbranched alkanes of at least 4 members (excludes halogenated alkanes) is 2. The molecule has 0 saturated heterocycles. The summed E-state index contributed by atoms with van der Waals surface area (Å²) in [6.07, 6.45) is 2.82. The predicted octanol–water partition coefficient (Wildman–Crippen LogP) is 5.66. The third kappa shape index (κ3) is 8.83. The average Bonchev–Trinajstić information content (AvgIpc) is 2.72. The number of hydrogen-bond acceptors (Lipinski definition) is 7. The number of rotatable bonds is 10. The first-order chi connectivity index (χ1) is 15.2. The van der Waals surface area contributed by atoms with Crippen LogP contribution in [0.4, 0.5) is 22.0 Å². The smallest absolute Gasteiger partial charge is 0.408 e. The van der Waals surface area contributed by atoms with Crippen LogP contribution < -0.4 is 11.1 Å². The van der Waals surface area contributed by atoms with E-state index in [0.717, 1.165) is 19.3 Å². The van der Waals surface area contributed by atoms with Gasteiger partial charge in [-0.1, -0.05) is 44.4 Å². The van der Waals surface area contributed by atoms with Crippen molar-refractivity contribution in [2.45, 2.75) is 71.4 Å². The normalized spacial score (nSPS) is 12.5. The summed E-state index contributed by atoms with van der Waals surface area (Å²) in [5.41, 5.74) is 7.02. The van der Waals surface area contributed by atoms with Crippen LogP contribution in [0.25, 0.3) is 0 Å². The molecule has 2 rings (SSSR count). The zero-order chi connectivity index (χ0) is 23.6. The van der Waals surface area contributed by atoms with Gasteiger partial charge < -0.3 is 15.8 Å². The number of carbonyl (C=O) groups excluding carboxylic acids is 2. The van der Waals surface area contributed by atoms with Crippen molar-refractivity contribution in [2.75, 3.05) is 5.73 Å². The number of nitrogens with two attached hydrogens (primary N) is 1. The van der Waals surface area contributed by atoms with Gasteiger partial charge in [0.25, 0.3) is 0 Å². The number of carbonyl (C=O) groups is 2. The Morgan fingerprint density at radius 1 is 1.09 bits per heavy atom. The molecule has 0 unspecified atom stereocenters. The van der Waals surface area contributed by atoms with Crippen LogP contribution in [-0.4, -0.2) is 28.5 Å². The maximum atomic E-state index is 12.9. The molecule has 8 heteroatoms. The zero-order valence-corrected chi connectivity index (χ0v) is 19.3. The standard InChI is InChI=1S/C24H33N5O3/c1-5-6-8-13-19(27-23(31)32-24(2,3)4)21(30)16-18-14-15-20(22(25)26-18)29-28-17-11-9-7-10-12-17/h7,9-12,14-15,19H,5-6,8,13,16H2,1-4H3,(H2,25,26)(H,27,31)/t19-/m0/s1. The van der Waals surface area contributed by atoms with Crippen LogP contribution in [0.5, 0.6) is 0 Å². The molecule has 1 amide bonds. The molecule has 1 atom stereocenters. The molecule has 3 N–H and O–H groups in total. The van der Waals surface area contributed by atoms with Crippen molar-refractivity contribution in [3.05, 3.63) is 48.2 Å². The summed E-state index contributed by atoms with van der Waals surface area (Å²) in [5, 5.41) is 11.0. The van der Waals surface area contributed by atoms with E-state index in [-0.39, 0.29) is 18.0 Å². The summed E-state index contributed by atoms with van der Waals surface area (Å²) in [4.78, 5) is 29.4. The first kappa shape index (κ1) is 25.0. The van der Waals surface area contributed by atoms with Crippen molar-refractivity contribution in [1.29, 1.82) is 0 Å². The largest absolute Gasteiger partial charge is 0.444 e. The quantitative estimate of drug-likeness (QED) is 0.365. The number of nitrogen functional groups attached to an aromatic ring is 1. The van der Waals surface area contributed by atoms with Gasteiger partial charge in [0.2, 0.25) is 0 Å². The van der Waals surface area contributed by atoms with E-state index in [4.69, 9.17) is 10.5 Å². The molecule has 32 heavy (non-hydrogen) atoms. The number of nitrogens with zero attached hydrogens (tertiary/aromatic N) is 3. The highest BCUT2D eigenvalue weighted by Gasteiger charge is 2.24. The molecule has 1 aromatic heterocycles. The first-order valence-electron chi connectivity index (χ1n) is 10.9. The van der Waals surface area contributed by atoms with Crippen molar-refractivity contribution in [1.82, 2.24) is 10.3 Å². The second-order valence-electron chi connectivity index (χ2n) is 8.58. The number of ketones is 1. The second-order valence-corrected chi connectivity index (χ2v) is 8.58. The minimum absolute atomic E-state index is 0.0485. The maximum absolute atomic E-state index is 12.9. The van der Waals surface area contributed by atoms with Gasteiger partial charge in [-0.25, -0.2) is 9.78 Å². The van der Waals surface area contributed by atoms with Crippen molar-refractivity contribution in [3.63, 3.8) is 0 Å². The van der Waals surface area contributed by atoms with Gasteiger partial charge >= 0.3 is 6.09 Å². The fraction of sp³-hybridized carbons (Fsp3) is 0.458. The number of ether oxygens (including phenoxy) is 1. The van der Waals surface area contributed by atoms with Gasteiger partial charge in [0.15, 0.2) is 11.6 Å². The number of alkyl carbamates (subject to hydrolysis) is 1. The summed E-state index contributed by atoms with van der Waals surface area (Å²) in [7, 11) is 0. The summed E-state index contributed by atoms with van der Waals surface area (Å²) < 4.78 is 5.31. The Morgan fingerprint density at radius 3 is 2.44 bits per heavy atom. The topological polar surface area (TPSA) is 119 Å². The van der Waals surface area contributed by atoms with Crippen LogP contribution in [0.2, 0.25) is 0 Å². The lowest BCUT2D eigenvalue weighted by atomic mass is 10.0. The number of Topliss-reactive ketones (excluding diaryl/α,β-unsaturated/α-hetero) is 1. The molecular formula is C24H33N5O3. The fourth-order valence-electron chi connectivity index (χ4n) is 2.96. The van der Waals surface area contributed by atoms with Crippen molar-refractivity contribution in [3.8, 4) is 0 Å². The number of hydrogen-bond donors (Lipinski definition) is 2. The number of amides is 1. The summed E-state index contributed by atoms with van der Waals surface area (Å²) in [5.74, 6) is 0.0511. The van der Waals surface area contributed by atoms with Crippen LogP contribution in [-0.2, 0) is 16.0 Å². The number of pyridine rings is 1. The summed E-state index contributed by atoms with van der Waals surface area (Å²) in [6, 6.07) is 12.0. The Balaban J connectivity index is 2.06. The van der Waals surface area contributed by atoms with Crippen LogP contribution in [0.1, 0.15) is 59.1 Å². The predicted molar refractivity (Wildman–Crippen MR) is 125 cm³/mol. The molecule has 172 valence electrons. The van der Waals surface area contributed by atoms with Gasteiger partial charge in [0.1, 0.15) is 11.3 Å². The Hall–Kier alpha value is -3.29. The molecule has 0 bridgehead atoms. The lowest BCUT2D eigenvalue weighted by Gasteiger charge is -2.23. The first-order valence-corrected chi connectivity index (χ1v) is 10.9. The molecule has 1 aromatic carbocycles. The molecular weight excluding hydrogens is 406 g/mol. The van der Waals surface area contributed by atoms with Crippen molar-refractivity contribution >= 4 is 29.1 Å². The molecule has 2 aromatic rings. The highest BCUT2D eigenvalue weighted by Crippen LogP contribution is 2.23. The van der Waals surface area contributed by atoms with E-state index in [1.165, 1.54) is 0 Å². The van der Waals surface area contributed by atoms with Gasteiger partial charge in [0, 0.05) is 0 Å². The molecule has 1 heterocycles. The van der Waals surface area contributed by atoms with Gasteiger partial charge in [-0.3, -0.25) is 4.79 Å². The molecule has 0 spiro atoms. The number of nitrogens with one attached hydrogen (secondary N) is 1. The van der Waals surface area contributed by atoms with E-state index in [0.29, 0.717) is 23.5 Å². The summed E-state index contributed by atoms with van der Waals surface area (Å²) >= 11 is 0. The molecule has 0 aliphatic rings. The third-order valence-electron chi connectivity index (χ3n) is 4.52. The Morgan fingerprint density at radius 2 is 1.81 bits per heavy atom. The summed E-state index contributed by atoms with van der Waals surface area (Å²) in [6.45, 7) is 7.43. The van der Waals surface area contributed by atoms with Gasteiger partial charge in [-0.05, 0) is 51.5 Å². The van der Waals surface area contributed by atoms with E-state index in [1.807, 2.05) is 30.3 Å². The van der Waals surface area contributed by atoms with Crippen LogP contribution >= 0.6 is 0 Å². The van der Waals surface area contributed by atoms with Gasteiger partial charge in [-0.15, -0.1) is 5.11 Å². The Bertz CT molecular complexity index is 923. The fourth-order valence-corrected chi connectivity index (χ4v) is 2.96. The Kier molecular flexibility index (Phi) is 9.31. The number of anilines is 1. The number of azo groups is 1. The van der Waals surface area contributed by atoms with Crippen molar-refractivity contribution in [2.24, 2.45) is 10.2 Å². The number of benzene rings is 1. The SMILES string of the molecule is CCCCC[C@H](NC(=O)OC(C)(C)C)C(=O)Cc1ccc(N=Nc2ccccc2)c(N)n1. The molecule has 8 nitrogen and oxygen atoms in total. The minimum Gasteiger partial charge on any atom is -0.444 e. The number of aromatic nitrogens is 1. The maximum Gasteiger partial charge on any atom is 0.408 e. The van der Waals surface area contributed by atoms with Crippen LogP contribution in [0, 0.1) is 0 Å². The molecule has 0 radical (unpaired) electrons. The minimum atomic E-state index is -0.642. The monoisotopic (exact) mass is 439 g/mol. The van der Waals surface area contributed by atoms with Gasteiger partial charge in [-0.2, -0.15) is 5.11 Å². The third-order valence-corrected chi connectivity index (χ3v) is 4.52. The highest BCUT2D eigenvalue weighted by atomic mass is 16.6. The Labute approximate surface area is 189 Å². The van der Waals surface area contributed by atoms with E-state index < -0.39 is 17.7 Å². The van der Waals surface area contributed by atoms with Crippen LogP contribution in [0.3, 0.4) is 0 Å². The molecule has 0 aliphatic carbocycles. The zero-order valence-electron chi connectivity index (χ0n) is 19.3. The lowest BCUT2D eigenvalue weighted by Crippen LogP contribution is -2.44. The lowest BCUT2D eigenvalue weighted by molar-refractivity contribution is -0.120. The average molecular weight is 440 g/mol. The van der Waals surface area contributed by atoms with E-state index in [1.54, 1.807) is 32.9 Å². The van der Waals surface area contributed by atoms with E-state index in [2.05, 4.69) is 27.5 Å². The van der Waals surface area contributed by atoms with Gasteiger partial charge in [0.05, 0.1) is 23.8 Å². The van der Waals surface area contributed by atoms with E-state index in [9.17, 15) is 9.59 Å². The van der Waals surface area contributed by atoms with Crippen molar-refractivity contribution < 1.29 is 14.3 Å². The molecule has 0 aliphatic heterocycles. The highest BCUT2D eigenvalue weighted by molar-refractivity contribution is 5.89. The van der Waals surface area contributed by atoms with Crippen LogP contribution in [0.15, 0.2) is 52.7 Å². The van der Waals surface area contributed by atoms with E-state index >= 15 is 0 Å². The second kappa shape index (κ2) is 11.9. The molecule has 0 saturated carbocycles.